The van der Waals surface area contributed by atoms with Crippen molar-refractivity contribution in [3.8, 4) is 5.69 Å². The molecular formula is C15H19N5O. The average molecular weight is 285 g/mol. The fourth-order valence-electron chi connectivity index (χ4n) is 2.53. The van der Waals surface area contributed by atoms with Crippen molar-refractivity contribution in [2.45, 2.75) is 19.3 Å². The Balaban J connectivity index is 1.53. The summed E-state index contributed by atoms with van der Waals surface area (Å²) in [6.07, 6.45) is 7.91. The number of nitrogens with one attached hydrogen (secondary N) is 2. The highest BCUT2D eigenvalue weighted by Crippen LogP contribution is 2.15. The summed E-state index contributed by atoms with van der Waals surface area (Å²) in [7, 11) is 0. The van der Waals surface area contributed by atoms with Gasteiger partial charge in [0.05, 0.1) is 5.69 Å². The summed E-state index contributed by atoms with van der Waals surface area (Å²) in [6.45, 7) is 2.10. The first-order valence-electron chi connectivity index (χ1n) is 7.28. The van der Waals surface area contributed by atoms with Crippen LogP contribution in [0.15, 0.2) is 36.8 Å². The van der Waals surface area contributed by atoms with Crippen LogP contribution in [0.2, 0.25) is 0 Å². The number of anilines is 1. The van der Waals surface area contributed by atoms with Gasteiger partial charge in [-0.1, -0.05) is 0 Å². The van der Waals surface area contributed by atoms with Crippen molar-refractivity contribution in [3.05, 3.63) is 36.8 Å². The molecule has 2 N–H and O–H groups in total. The largest absolute Gasteiger partial charge is 0.316 e. The topological polar surface area (TPSA) is 71.8 Å². The fraction of sp³-hybridized carbons (Fsp3) is 0.400. The highest BCUT2D eigenvalue weighted by Gasteiger charge is 2.16. The molecule has 0 saturated carbocycles. The van der Waals surface area contributed by atoms with Crippen LogP contribution in [0, 0.1) is 5.92 Å². The molecule has 1 saturated heterocycles. The second-order valence-corrected chi connectivity index (χ2v) is 5.30. The molecule has 6 heteroatoms. The zero-order valence-electron chi connectivity index (χ0n) is 11.8. The molecule has 3 heterocycles. The van der Waals surface area contributed by atoms with Crippen LogP contribution >= 0.6 is 0 Å². The van der Waals surface area contributed by atoms with Gasteiger partial charge in [-0.05, 0) is 44.0 Å². The third kappa shape index (κ3) is 3.66. The van der Waals surface area contributed by atoms with E-state index < -0.39 is 0 Å². The third-order valence-electron chi connectivity index (χ3n) is 3.73. The van der Waals surface area contributed by atoms with Crippen LogP contribution in [-0.2, 0) is 4.79 Å². The van der Waals surface area contributed by atoms with E-state index in [1.54, 1.807) is 23.1 Å². The lowest BCUT2D eigenvalue weighted by Gasteiger charge is -2.07. The number of amides is 1. The van der Waals surface area contributed by atoms with Gasteiger partial charge < -0.3 is 10.6 Å². The van der Waals surface area contributed by atoms with Gasteiger partial charge in [0.15, 0.2) is 5.82 Å². The predicted octanol–water partition coefficient (Wildman–Crippen LogP) is 1.60. The molecule has 1 fully saturated rings. The highest BCUT2D eigenvalue weighted by molar-refractivity contribution is 5.89. The van der Waals surface area contributed by atoms with Gasteiger partial charge in [-0.25, -0.2) is 4.68 Å². The predicted molar refractivity (Wildman–Crippen MR) is 80.2 cm³/mol. The zero-order valence-corrected chi connectivity index (χ0v) is 11.8. The van der Waals surface area contributed by atoms with E-state index >= 15 is 0 Å². The van der Waals surface area contributed by atoms with Gasteiger partial charge in [0.1, 0.15) is 0 Å². The van der Waals surface area contributed by atoms with Gasteiger partial charge in [-0.15, -0.1) is 0 Å². The Morgan fingerprint density at radius 3 is 3.00 bits per heavy atom. The quantitative estimate of drug-likeness (QED) is 0.875. The van der Waals surface area contributed by atoms with E-state index in [9.17, 15) is 4.79 Å². The van der Waals surface area contributed by atoms with Crippen molar-refractivity contribution < 1.29 is 4.79 Å². The Hall–Kier alpha value is -2.21. The molecule has 1 aliphatic heterocycles. The van der Waals surface area contributed by atoms with Gasteiger partial charge in [-0.3, -0.25) is 9.78 Å². The Labute approximate surface area is 123 Å². The minimum absolute atomic E-state index is 0.0295. The number of carbonyl (C=O) groups is 1. The van der Waals surface area contributed by atoms with Crippen molar-refractivity contribution in [3.63, 3.8) is 0 Å². The molecule has 0 aromatic carbocycles. The van der Waals surface area contributed by atoms with E-state index in [-0.39, 0.29) is 5.91 Å². The molecule has 1 amide bonds. The monoisotopic (exact) mass is 285 g/mol. The van der Waals surface area contributed by atoms with Crippen LogP contribution in [0.25, 0.3) is 5.69 Å². The number of aromatic nitrogens is 3. The molecule has 1 aliphatic rings. The summed E-state index contributed by atoms with van der Waals surface area (Å²) >= 11 is 0. The molecule has 0 spiro atoms. The molecule has 110 valence electrons. The Morgan fingerprint density at radius 2 is 2.24 bits per heavy atom. The maximum absolute atomic E-state index is 11.9. The molecule has 3 rings (SSSR count). The van der Waals surface area contributed by atoms with Crippen LogP contribution in [-0.4, -0.2) is 33.8 Å². The van der Waals surface area contributed by atoms with Crippen molar-refractivity contribution in [2.24, 2.45) is 5.92 Å². The van der Waals surface area contributed by atoms with E-state index in [0.717, 1.165) is 25.2 Å². The standard InChI is InChI=1S/C15H19N5O/c21-15(2-1-12-3-7-17-11-12)18-14-6-10-20(19-14)13-4-8-16-9-5-13/h4-6,8-10,12,17H,1-3,7,11H2,(H,18,19,21). The van der Waals surface area contributed by atoms with E-state index in [2.05, 4.69) is 20.7 Å². The summed E-state index contributed by atoms with van der Waals surface area (Å²) in [6, 6.07) is 5.53. The SMILES string of the molecule is O=C(CCC1CCNC1)Nc1ccn(-c2ccncc2)n1. The second-order valence-electron chi connectivity index (χ2n) is 5.30. The molecule has 0 radical (unpaired) electrons. The molecule has 2 aromatic rings. The van der Waals surface area contributed by atoms with Crippen molar-refractivity contribution in [1.29, 1.82) is 0 Å². The highest BCUT2D eigenvalue weighted by atomic mass is 16.1. The smallest absolute Gasteiger partial charge is 0.225 e. The van der Waals surface area contributed by atoms with Crippen LogP contribution in [0.4, 0.5) is 5.82 Å². The average Bonchev–Trinajstić information content (AvgIpc) is 3.17. The van der Waals surface area contributed by atoms with Crippen LogP contribution < -0.4 is 10.6 Å². The third-order valence-corrected chi connectivity index (χ3v) is 3.73. The summed E-state index contributed by atoms with van der Waals surface area (Å²) in [5, 5.41) is 10.5. The molecule has 1 atom stereocenters. The second kappa shape index (κ2) is 6.49. The summed E-state index contributed by atoms with van der Waals surface area (Å²) < 4.78 is 1.72. The number of nitrogens with zero attached hydrogens (tertiary/aromatic N) is 3. The fourth-order valence-corrected chi connectivity index (χ4v) is 2.53. The normalized spacial score (nSPS) is 17.8. The number of pyridine rings is 1. The number of rotatable bonds is 5. The van der Waals surface area contributed by atoms with Crippen molar-refractivity contribution in [1.82, 2.24) is 20.1 Å². The van der Waals surface area contributed by atoms with E-state index in [1.165, 1.54) is 6.42 Å². The number of hydrogen-bond donors (Lipinski definition) is 2. The summed E-state index contributed by atoms with van der Waals surface area (Å²) in [4.78, 5) is 15.9. The Morgan fingerprint density at radius 1 is 1.38 bits per heavy atom. The first kappa shape index (κ1) is 13.8. The van der Waals surface area contributed by atoms with Crippen LogP contribution in [0.1, 0.15) is 19.3 Å². The Bertz CT molecular complexity index is 589. The summed E-state index contributed by atoms with van der Waals surface area (Å²) in [5.74, 6) is 1.24. The molecule has 21 heavy (non-hydrogen) atoms. The van der Waals surface area contributed by atoms with Crippen molar-refractivity contribution in [2.75, 3.05) is 18.4 Å². The molecule has 0 bridgehead atoms. The molecule has 2 aromatic heterocycles. The van der Waals surface area contributed by atoms with E-state index in [0.29, 0.717) is 18.2 Å². The van der Waals surface area contributed by atoms with Gasteiger partial charge in [-0.2, -0.15) is 5.10 Å². The van der Waals surface area contributed by atoms with Gasteiger partial charge in [0, 0.05) is 31.1 Å². The number of carbonyl (C=O) groups excluding carboxylic acids is 1. The maximum atomic E-state index is 11.9. The van der Waals surface area contributed by atoms with Crippen LogP contribution in [0.5, 0.6) is 0 Å². The maximum Gasteiger partial charge on any atom is 0.225 e. The van der Waals surface area contributed by atoms with Gasteiger partial charge >= 0.3 is 0 Å². The molecule has 6 nitrogen and oxygen atoms in total. The lowest BCUT2D eigenvalue weighted by Crippen LogP contribution is -2.15. The van der Waals surface area contributed by atoms with Crippen LogP contribution in [0.3, 0.4) is 0 Å². The van der Waals surface area contributed by atoms with E-state index in [4.69, 9.17) is 0 Å². The lowest BCUT2D eigenvalue weighted by atomic mass is 10.0. The lowest BCUT2D eigenvalue weighted by molar-refractivity contribution is -0.116. The van der Waals surface area contributed by atoms with E-state index in [1.807, 2.05) is 18.3 Å². The minimum Gasteiger partial charge on any atom is -0.316 e. The first-order chi connectivity index (χ1) is 10.3. The zero-order chi connectivity index (χ0) is 14.5. The minimum atomic E-state index is 0.0295. The Kier molecular flexibility index (Phi) is 4.25. The molecule has 0 aliphatic carbocycles. The van der Waals surface area contributed by atoms with Crippen molar-refractivity contribution >= 4 is 11.7 Å². The summed E-state index contributed by atoms with van der Waals surface area (Å²) in [5.41, 5.74) is 0.919. The molecule has 1 unspecified atom stereocenters. The number of hydrogen-bond acceptors (Lipinski definition) is 4. The molecular weight excluding hydrogens is 266 g/mol. The van der Waals surface area contributed by atoms with Gasteiger partial charge in [0.25, 0.3) is 0 Å². The first-order valence-corrected chi connectivity index (χ1v) is 7.28. The van der Waals surface area contributed by atoms with Gasteiger partial charge in [0.2, 0.25) is 5.91 Å².